The molecule has 0 rings (SSSR count). The van der Waals surface area contributed by atoms with E-state index in [-0.39, 0.29) is 18.5 Å². The molecule has 75 heavy (non-hydrogen) atoms. The molecule has 0 aromatic rings. The lowest BCUT2D eigenvalue weighted by Crippen LogP contribution is -2.45. The highest BCUT2D eigenvalue weighted by atomic mass is 16.5. The van der Waals surface area contributed by atoms with Crippen LogP contribution in [0.25, 0.3) is 0 Å². The first-order valence-electron chi connectivity index (χ1n) is 34.5. The molecule has 0 saturated carbocycles. The lowest BCUT2D eigenvalue weighted by atomic mass is 10.0. The summed E-state index contributed by atoms with van der Waals surface area (Å²) in [5.74, 6) is -0.0423. The predicted molar refractivity (Wildman–Crippen MR) is 329 cm³/mol. The molecule has 0 spiro atoms. The fourth-order valence-electron chi connectivity index (χ4n) is 11.1. The van der Waals surface area contributed by atoms with Gasteiger partial charge in [-0.05, 0) is 32.1 Å². The Bertz CT molecular complexity index is 1130. The Morgan fingerprint density at radius 2 is 0.613 bits per heavy atom. The van der Waals surface area contributed by atoms with Gasteiger partial charge in [-0.15, -0.1) is 0 Å². The average Bonchev–Trinajstić information content (AvgIpc) is 3.41. The molecule has 0 aromatic carbocycles. The molecule has 0 saturated heterocycles. The van der Waals surface area contributed by atoms with Crippen molar-refractivity contribution in [2.45, 2.75) is 405 Å². The van der Waals surface area contributed by atoms with Crippen molar-refractivity contribution in [3.8, 4) is 0 Å². The molecule has 0 heterocycles. The summed E-state index contributed by atoms with van der Waals surface area (Å²) in [5, 5.41) is 23.2. The summed E-state index contributed by atoms with van der Waals surface area (Å²) in [4.78, 5) is 24.6. The molecule has 0 aromatic heterocycles. The summed E-state index contributed by atoms with van der Waals surface area (Å²) in [6.45, 7) is 4.95. The largest absolute Gasteiger partial charge is 0.466 e. The van der Waals surface area contributed by atoms with Gasteiger partial charge in [0.15, 0.2) is 0 Å². The van der Waals surface area contributed by atoms with Crippen LogP contribution in [0.1, 0.15) is 393 Å². The number of rotatable bonds is 65. The molecule has 1 amide bonds. The lowest BCUT2D eigenvalue weighted by molar-refractivity contribution is -0.143. The van der Waals surface area contributed by atoms with Gasteiger partial charge < -0.3 is 20.3 Å². The topological polar surface area (TPSA) is 95.9 Å². The molecule has 2 atom stereocenters. The number of unbranched alkanes of at least 4 members (excludes halogenated alkanes) is 54. The first kappa shape index (κ1) is 73.6. The van der Waals surface area contributed by atoms with Crippen LogP contribution in [0, 0.1) is 0 Å². The van der Waals surface area contributed by atoms with Gasteiger partial charge in [-0.2, -0.15) is 0 Å². The molecule has 0 aliphatic heterocycles. The third kappa shape index (κ3) is 61.7. The molecule has 3 N–H and O–H groups in total. The molecule has 0 bridgehead atoms. The zero-order chi connectivity index (χ0) is 54.3. The number of carbonyl (C=O) groups excluding carboxylic acids is 2. The van der Waals surface area contributed by atoms with E-state index in [1.807, 2.05) is 6.08 Å². The average molecular weight is 1060 g/mol. The molecule has 6 nitrogen and oxygen atoms in total. The molecule has 0 radical (unpaired) electrons. The maximum absolute atomic E-state index is 12.5. The zero-order valence-electron chi connectivity index (χ0n) is 51.1. The number of allylic oxidation sites excluding steroid dienone is 1. The fourth-order valence-corrected chi connectivity index (χ4v) is 11.1. The van der Waals surface area contributed by atoms with E-state index in [0.717, 1.165) is 38.5 Å². The van der Waals surface area contributed by atoms with Crippen LogP contribution in [0.5, 0.6) is 0 Å². The minimum absolute atomic E-state index is 0.0204. The van der Waals surface area contributed by atoms with E-state index in [4.69, 9.17) is 4.74 Å². The number of ether oxygens (including phenoxy) is 1. The van der Waals surface area contributed by atoms with Gasteiger partial charge in [-0.25, -0.2) is 0 Å². The second-order valence-electron chi connectivity index (χ2n) is 23.9. The minimum Gasteiger partial charge on any atom is -0.466 e. The summed E-state index contributed by atoms with van der Waals surface area (Å²) >= 11 is 0. The standard InChI is InChI=1S/C69H135NO5/c1-3-5-7-9-11-13-15-17-19-30-33-37-41-45-49-53-57-61-67(72)66(65-71)70-68(73)62-58-54-50-46-42-38-34-31-28-26-24-22-21-23-25-27-29-32-36-40-44-48-52-56-60-64-75-69(74)63-59-55-51-47-43-39-35-20-18-16-14-12-10-8-6-4-2/h57,61,66-67,71-72H,3-56,58-60,62-65H2,1-2H3,(H,70,73)/b61-57+. The van der Waals surface area contributed by atoms with Crippen molar-refractivity contribution in [2.75, 3.05) is 13.2 Å². The molecule has 0 aliphatic rings. The van der Waals surface area contributed by atoms with Gasteiger partial charge >= 0.3 is 5.97 Å². The van der Waals surface area contributed by atoms with Crippen molar-refractivity contribution < 1.29 is 24.5 Å². The zero-order valence-corrected chi connectivity index (χ0v) is 51.1. The van der Waals surface area contributed by atoms with Crippen molar-refractivity contribution in [1.29, 1.82) is 0 Å². The third-order valence-corrected chi connectivity index (χ3v) is 16.3. The predicted octanol–water partition coefficient (Wildman–Crippen LogP) is 22.0. The molecule has 2 unspecified atom stereocenters. The molecular weight excluding hydrogens is 923 g/mol. The van der Waals surface area contributed by atoms with E-state index in [0.29, 0.717) is 19.4 Å². The fraction of sp³-hybridized carbons (Fsp3) is 0.942. The first-order valence-corrected chi connectivity index (χ1v) is 34.5. The van der Waals surface area contributed by atoms with Crippen LogP contribution in [-0.2, 0) is 14.3 Å². The van der Waals surface area contributed by atoms with E-state index in [9.17, 15) is 19.8 Å². The van der Waals surface area contributed by atoms with E-state index in [2.05, 4.69) is 19.2 Å². The molecule has 446 valence electrons. The number of hydrogen-bond donors (Lipinski definition) is 3. The van der Waals surface area contributed by atoms with E-state index in [1.165, 1.54) is 327 Å². The first-order chi connectivity index (χ1) is 37.0. The van der Waals surface area contributed by atoms with E-state index in [1.54, 1.807) is 6.08 Å². The molecule has 0 aliphatic carbocycles. The van der Waals surface area contributed by atoms with Crippen LogP contribution >= 0.6 is 0 Å². The lowest BCUT2D eigenvalue weighted by Gasteiger charge is -2.20. The number of aliphatic hydroxyl groups is 2. The van der Waals surface area contributed by atoms with Crippen molar-refractivity contribution >= 4 is 11.9 Å². The summed E-state index contributed by atoms with van der Waals surface area (Å²) in [5.41, 5.74) is 0. The van der Waals surface area contributed by atoms with Gasteiger partial charge in [-0.1, -0.05) is 360 Å². The van der Waals surface area contributed by atoms with Crippen molar-refractivity contribution in [2.24, 2.45) is 0 Å². The Kier molecular flexibility index (Phi) is 63.9. The maximum atomic E-state index is 12.5. The van der Waals surface area contributed by atoms with Crippen molar-refractivity contribution in [3.05, 3.63) is 12.2 Å². The van der Waals surface area contributed by atoms with E-state index >= 15 is 0 Å². The molecular formula is C69H135NO5. The summed E-state index contributed by atoms with van der Waals surface area (Å²) < 4.78 is 5.50. The summed E-state index contributed by atoms with van der Waals surface area (Å²) in [6.07, 6.45) is 79.9. The van der Waals surface area contributed by atoms with Crippen LogP contribution in [0.2, 0.25) is 0 Å². The van der Waals surface area contributed by atoms with Crippen LogP contribution in [0.4, 0.5) is 0 Å². The van der Waals surface area contributed by atoms with Crippen LogP contribution in [0.15, 0.2) is 12.2 Å². The van der Waals surface area contributed by atoms with E-state index < -0.39 is 12.1 Å². The van der Waals surface area contributed by atoms with Crippen molar-refractivity contribution in [3.63, 3.8) is 0 Å². The SMILES string of the molecule is CCCCCCCCCCCCCCCCC/C=C/C(O)C(CO)NC(=O)CCCCCCCCCCCCCCCCCCCCCCCCCCCOC(=O)CCCCCCCCCCCCCCCCCC. The Balaban J connectivity index is 3.36. The second-order valence-corrected chi connectivity index (χ2v) is 23.9. The smallest absolute Gasteiger partial charge is 0.305 e. The maximum Gasteiger partial charge on any atom is 0.305 e. The van der Waals surface area contributed by atoms with Gasteiger partial charge in [0.2, 0.25) is 5.91 Å². The highest BCUT2D eigenvalue weighted by molar-refractivity contribution is 5.76. The number of esters is 1. The quantitative estimate of drug-likeness (QED) is 0.0320. The summed E-state index contributed by atoms with van der Waals surface area (Å²) in [6, 6.07) is -0.626. The van der Waals surface area contributed by atoms with Gasteiger partial charge in [0, 0.05) is 12.8 Å². The Labute approximate surface area is 469 Å². The van der Waals surface area contributed by atoms with Gasteiger partial charge in [0.05, 0.1) is 25.4 Å². The van der Waals surface area contributed by atoms with Gasteiger partial charge in [0.25, 0.3) is 0 Å². The second kappa shape index (κ2) is 65.1. The third-order valence-electron chi connectivity index (χ3n) is 16.3. The van der Waals surface area contributed by atoms with Crippen LogP contribution in [-0.4, -0.2) is 47.4 Å². The summed E-state index contributed by atoms with van der Waals surface area (Å²) in [7, 11) is 0. The number of carbonyl (C=O) groups is 2. The minimum atomic E-state index is -0.843. The number of amides is 1. The highest BCUT2D eigenvalue weighted by Crippen LogP contribution is 2.19. The highest BCUT2D eigenvalue weighted by Gasteiger charge is 2.18. The van der Waals surface area contributed by atoms with Crippen LogP contribution < -0.4 is 5.32 Å². The van der Waals surface area contributed by atoms with Gasteiger partial charge in [-0.3, -0.25) is 9.59 Å². The van der Waals surface area contributed by atoms with Crippen molar-refractivity contribution in [1.82, 2.24) is 5.32 Å². The van der Waals surface area contributed by atoms with Crippen LogP contribution in [0.3, 0.4) is 0 Å². The number of nitrogens with one attached hydrogen (secondary N) is 1. The Morgan fingerprint density at radius 1 is 0.360 bits per heavy atom. The number of aliphatic hydroxyl groups excluding tert-OH is 2. The van der Waals surface area contributed by atoms with Gasteiger partial charge in [0.1, 0.15) is 0 Å². The molecule has 0 fully saturated rings. The Morgan fingerprint density at radius 3 is 0.907 bits per heavy atom. The monoisotopic (exact) mass is 1060 g/mol. The normalized spacial score (nSPS) is 12.5. The Hall–Kier alpha value is -1.40. The number of hydrogen-bond acceptors (Lipinski definition) is 5. The molecule has 6 heteroatoms.